The van der Waals surface area contributed by atoms with Crippen LogP contribution in [0.1, 0.15) is 60.0 Å². The van der Waals surface area contributed by atoms with Crippen LogP contribution in [0.15, 0.2) is 39.7 Å². The number of aromatic nitrogens is 1. The van der Waals surface area contributed by atoms with Crippen molar-refractivity contribution in [2.75, 3.05) is 29.6 Å². The molecule has 2 aromatic rings. The van der Waals surface area contributed by atoms with Crippen LogP contribution >= 0.6 is 0 Å². The Bertz CT molecular complexity index is 1570. The van der Waals surface area contributed by atoms with E-state index in [2.05, 4.69) is 20.0 Å². The minimum absolute atomic E-state index is 0.00249. The maximum Gasteiger partial charge on any atom is 0.418 e. The van der Waals surface area contributed by atoms with Gasteiger partial charge in [0.2, 0.25) is 5.92 Å². The average molecular weight is 632 g/mol. The molecule has 2 fully saturated rings. The molecule has 43 heavy (non-hydrogen) atoms. The molecule has 1 saturated carbocycles. The lowest BCUT2D eigenvalue weighted by Crippen LogP contribution is -2.58. The van der Waals surface area contributed by atoms with Crippen molar-refractivity contribution in [2.45, 2.75) is 68.0 Å². The van der Waals surface area contributed by atoms with Crippen LogP contribution < -0.4 is 15.5 Å². The zero-order valence-corrected chi connectivity index (χ0v) is 24.1. The van der Waals surface area contributed by atoms with Gasteiger partial charge >= 0.3 is 12.3 Å². The molecule has 3 N–H and O–H groups in total. The van der Waals surface area contributed by atoms with Gasteiger partial charge in [-0.2, -0.15) is 17.5 Å². The third-order valence-corrected chi connectivity index (χ3v) is 9.26. The van der Waals surface area contributed by atoms with Crippen molar-refractivity contribution in [2.24, 2.45) is 4.36 Å². The first-order valence-corrected chi connectivity index (χ1v) is 15.3. The second-order valence-corrected chi connectivity index (χ2v) is 13.0. The van der Waals surface area contributed by atoms with Crippen molar-refractivity contribution in [3.8, 4) is 0 Å². The van der Waals surface area contributed by atoms with Crippen molar-refractivity contribution in [1.82, 2.24) is 10.3 Å². The number of hydrogen-bond donors (Lipinski definition) is 3. The van der Waals surface area contributed by atoms with E-state index in [-0.39, 0.29) is 48.8 Å². The van der Waals surface area contributed by atoms with Crippen LogP contribution in [0, 0.1) is 6.92 Å². The molecule has 1 atom stereocenters. The number of hydrogen-bond acceptors (Lipinski definition) is 6. The van der Waals surface area contributed by atoms with Gasteiger partial charge in [-0.05, 0) is 56.4 Å². The molecule has 4 rings (SSSR count). The first-order valence-electron chi connectivity index (χ1n) is 13.3. The van der Waals surface area contributed by atoms with Gasteiger partial charge in [-0.1, -0.05) is 6.07 Å². The highest BCUT2D eigenvalue weighted by Crippen LogP contribution is 2.38. The highest BCUT2D eigenvalue weighted by molar-refractivity contribution is 7.93. The second kappa shape index (κ2) is 11.7. The third-order valence-electron chi connectivity index (χ3n) is 7.62. The summed E-state index contributed by atoms with van der Waals surface area (Å²) in [5, 5.41) is 13.7. The maximum absolute atomic E-state index is 14.0. The summed E-state index contributed by atoms with van der Waals surface area (Å²) in [5.74, 6) is -5.04. The van der Waals surface area contributed by atoms with Crippen LogP contribution in [0.4, 0.5) is 38.3 Å². The summed E-state index contributed by atoms with van der Waals surface area (Å²) in [7, 11) is -3.45. The lowest BCUT2D eigenvalue weighted by Gasteiger charge is -2.38. The van der Waals surface area contributed by atoms with E-state index < -0.39 is 74.8 Å². The molecule has 1 aromatic carbocycles. The molecule has 1 aliphatic heterocycles. The van der Waals surface area contributed by atoms with Crippen molar-refractivity contribution >= 4 is 39.1 Å². The first kappa shape index (κ1) is 32.1. The molecule has 2 heterocycles. The van der Waals surface area contributed by atoms with Crippen molar-refractivity contribution < 1.29 is 45.7 Å². The lowest BCUT2D eigenvalue weighted by molar-refractivity contribution is -0.138. The van der Waals surface area contributed by atoms with Crippen molar-refractivity contribution in [3.63, 3.8) is 0 Å². The van der Waals surface area contributed by atoms with E-state index in [0.717, 1.165) is 13.2 Å². The molecule has 1 unspecified atom stereocenters. The highest BCUT2D eigenvalue weighted by atomic mass is 32.2. The number of halogens is 5. The van der Waals surface area contributed by atoms with Crippen LogP contribution in [0.3, 0.4) is 0 Å². The number of rotatable bonds is 6. The molecular formula is C27H30F5N5O5S. The lowest BCUT2D eigenvalue weighted by atomic mass is 9.76. The Morgan fingerprint density at radius 3 is 2.40 bits per heavy atom. The molecule has 0 spiro atoms. The van der Waals surface area contributed by atoms with Crippen LogP contribution in [0.2, 0.25) is 0 Å². The number of alkyl halides is 5. The number of pyridine rings is 1. The van der Waals surface area contributed by atoms with Gasteiger partial charge in [-0.15, -0.1) is 0 Å². The van der Waals surface area contributed by atoms with Gasteiger partial charge in [0, 0.05) is 49.0 Å². The van der Waals surface area contributed by atoms with Gasteiger partial charge < -0.3 is 20.6 Å². The van der Waals surface area contributed by atoms with E-state index in [9.17, 15) is 40.5 Å². The molecule has 2 aliphatic rings. The molecule has 1 aliphatic carbocycles. The minimum Gasteiger partial charge on any atom is -0.465 e. The van der Waals surface area contributed by atoms with E-state index >= 15 is 0 Å². The predicted molar refractivity (Wildman–Crippen MR) is 147 cm³/mol. The molecule has 0 bridgehead atoms. The number of nitrogens with one attached hydrogen (secondary N) is 2. The van der Waals surface area contributed by atoms with Gasteiger partial charge in [-0.25, -0.2) is 22.8 Å². The number of carbonyl (C=O) groups excluding carboxylic acids is 2. The van der Waals surface area contributed by atoms with E-state index in [1.807, 2.05) is 0 Å². The monoisotopic (exact) mass is 631 g/mol. The normalized spacial score (nSPS) is 19.3. The Morgan fingerprint density at radius 1 is 1.09 bits per heavy atom. The van der Waals surface area contributed by atoms with E-state index in [1.54, 1.807) is 0 Å². The van der Waals surface area contributed by atoms with E-state index in [4.69, 9.17) is 5.11 Å². The fourth-order valence-electron chi connectivity index (χ4n) is 5.09. The summed E-state index contributed by atoms with van der Waals surface area (Å²) in [4.78, 5) is 42.7. The molecule has 1 aromatic heterocycles. The number of benzene rings is 1. The first-order chi connectivity index (χ1) is 19.9. The Morgan fingerprint density at radius 2 is 1.79 bits per heavy atom. The van der Waals surface area contributed by atoms with Gasteiger partial charge in [0.1, 0.15) is 11.4 Å². The summed E-state index contributed by atoms with van der Waals surface area (Å²) in [6, 6.07) is 5.36. The van der Waals surface area contributed by atoms with Gasteiger partial charge in [-0.3, -0.25) is 9.59 Å². The van der Waals surface area contributed by atoms with Crippen LogP contribution in [0.5, 0.6) is 0 Å². The summed E-state index contributed by atoms with van der Waals surface area (Å²) in [6.07, 6.45) is -4.52. The Labute approximate surface area is 244 Å². The summed E-state index contributed by atoms with van der Waals surface area (Å²) >= 11 is 0. The molecule has 0 radical (unpaired) electrons. The fraction of sp³-hybridized carbons (Fsp3) is 0.481. The largest absolute Gasteiger partial charge is 0.465 e. The second-order valence-electron chi connectivity index (χ2n) is 10.7. The molecule has 234 valence electrons. The average Bonchev–Trinajstić information content (AvgIpc) is 3.05. The molecular weight excluding hydrogens is 601 g/mol. The van der Waals surface area contributed by atoms with E-state index in [1.165, 1.54) is 29.2 Å². The fourth-order valence-corrected chi connectivity index (χ4v) is 6.36. The Kier molecular flexibility index (Phi) is 8.73. The van der Waals surface area contributed by atoms with Crippen LogP contribution in [-0.4, -0.2) is 63.0 Å². The molecule has 16 heteroatoms. The van der Waals surface area contributed by atoms with Gasteiger partial charge in [0.15, 0.2) is 0 Å². The quantitative estimate of drug-likeness (QED) is 0.360. The predicted octanol–water partition coefficient (Wildman–Crippen LogP) is 5.46. The number of amides is 3. The summed E-state index contributed by atoms with van der Waals surface area (Å²) in [6.45, 7) is 0.914. The minimum atomic E-state index is -4.84. The standard InChI is InChI=1S/C27H30F5N5O5S/c1-16-19(27(30,31)32)15-33-21(37-12-5-10-26(28,29)11-13-37)20(16)22(38)34-17-6-3-7-18(14-17)43(2,42)36-23(39)25(8-4-9-25)35-24(40)41/h3,6-7,14-15,35H,4-5,8-13H2,1-2H3,(H,34,38)(H,40,41). The highest BCUT2D eigenvalue weighted by Gasteiger charge is 2.46. The van der Waals surface area contributed by atoms with Crippen LogP contribution in [0.25, 0.3) is 0 Å². The molecule has 1 saturated heterocycles. The van der Waals surface area contributed by atoms with Crippen molar-refractivity contribution in [3.05, 3.63) is 47.2 Å². The van der Waals surface area contributed by atoms with Crippen molar-refractivity contribution in [1.29, 1.82) is 0 Å². The number of nitrogens with zero attached hydrogens (tertiary/aromatic N) is 3. The van der Waals surface area contributed by atoms with Gasteiger partial charge in [0.05, 0.1) is 20.9 Å². The zero-order valence-electron chi connectivity index (χ0n) is 23.3. The number of carbonyl (C=O) groups is 3. The third kappa shape index (κ3) is 7.05. The smallest absolute Gasteiger partial charge is 0.418 e. The Hall–Kier alpha value is -3.82. The van der Waals surface area contributed by atoms with Crippen LogP contribution in [-0.2, 0) is 20.7 Å². The SMILES string of the molecule is Cc1c(C(F)(F)F)cnc(N2CCCC(F)(F)CC2)c1C(=O)Nc1cccc(S(C)(=O)=NC(=O)C2(NC(=O)O)CCC2)c1. The summed E-state index contributed by atoms with van der Waals surface area (Å²) < 4.78 is 86.5. The number of anilines is 2. The Balaban J connectivity index is 1.67. The van der Waals surface area contributed by atoms with E-state index in [0.29, 0.717) is 12.6 Å². The number of carboxylic acid groups (broad SMARTS) is 1. The maximum atomic E-state index is 14.0. The summed E-state index contributed by atoms with van der Waals surface area (Å²) in [5.41, 5.74) is -3.53. The molecule has 3 amide bonds. The topological polar surface area (TPSA) is 141 Å². The van der Waals surface area contributed by atoms with Gasteiger partial charge in [0.25, 0.3) is 11.8 Å². The zero-order chi connectivity index (χ0) is 31.8. The molecule has 10 nitrogen and oxygen atoms in total.